The largest absolute Gasteiger partial charge is 0.481 e. The van der Waals surface area contributed by atoms with Gasteiger partial charge in [0.1, 0.15) is 11.5 Å². The number of nitro groups is 1. The van der Waals surface area contributed by atoms with E-state index >= 15 is 0 Å². The zero-order valence-corrected chi connectivity index (χ0v) is 18.0. The number of nitrogens with one attached hydrogen (secondary N) is 1. The predicted octanol–water partition coefficient (Wildman–Crippen LogP) is 5.35. The van der Waals surface area contributed by atoms with Crippen LogP contribution in [0, 0.1) is 10.1 Å². The number of benzene rings is 3. The number of carboxylic acids is 1. The summed E-state index contributed by atoms with van der Waals surface area (Å²) in [7, 11) is 0. The summed E-state index contributed by atoms with van der Waals surface area (Å²) >= 11 is 0. The quantitative estimate of drug-likeness (QED) is 0.276. The molecule has 0 aliphatic rings. The molecule has 0 radical (unpaired) electrons. The molecule has 0 bridgehead atoms. The van der Waals surface area contributed by atoms with E-state index in [1.165, 1.54) is 12.1 Å². The van der Waals surface area contributed by atoms with Crippen molar-refractivity contribution < 1.29 is 14.8 Å². The second-order valence-electron chi connectivity index (χ2n) is 7.29. The molecule has 2 heterocycles. The summed E-state index contributed by atoms with van der Waals surface area (Å²) < 4.78 is 0. The number of H-pyrrole nitrogens is 1. The first kappa shape index (κ1) is 22.3. The molecule has 0 atom stereocenters. The van der Waals surface area contributed by atoms with Crippen LogP contribution in [0.25, 0.3) is 44.9 Å². The summed E-state index contributed by atoms with van der Waals surface area (Å²) in [5.74, 6) is -0.170. The first-order valence-corrected chi connectivity index (χ1v) is 10.2. The van der Waals surface area contributed by atoms with Crippen LogP contribution in [0.1, 0.15) is 6.92 Å². The molecule has 2 N–H and O–H groups in total. The van der Waals surface area contributed by atoms with Gasteiger partial charge < -0.3 is 10.1 Å². The van der Waals surface area contributed by atoms with Crippen LogP contribution in [0.3, 0.4) is 0 Å². The Morgan fingerprint density at radius 3 is 2.29 bits per heavy atom. The number of imidazole rings is 1. The van der Waals surface area contributed by atoms with Crippen LogP contribution in [0.2, 0.25) is 0 Å². The topological polar surface area (TPSA) is 135 Å². The molecule has 0 saturated heterocycles. The van der Waals surface area contributed by atoms with Gasteiger partial charge in [-0.2, -0.15) is 0 Å². The molecule has 0 spiro atoms. The lowest BCUT2D eigenvalue weighted by Gasteiger charge is -2.09. The van der Waals surface area contributed by atoms with Gasteiger partial charge in [-0.15, -0.1) is 10.2 Å². The third-order valence-electron chi connectivity index (χ3n) is 4.84. The van der Waals surface area contributed by atoms with Crippen molar-refractivity contribution in [2.75, 3.05) is 0 Å². The Labute approximate surface area is 193 Å². The average molecular weight is 453 g/mol. The van der Waals surface area contributed by atoms with Gasteiger partial charge in [0.15, 0.2) is 0 Å². The van der Waals surface area contributed by atoms with Gasteiger partial charge in [-0.1, -0.05) is 54.6 Å². The van der Waals surface area contributed by atoms with E-state index in [9.17, 15) is 10.1 Å². The van der Waals surface area contributed by atoms with Gasteiger partial charge in [0.25, 0.3) is 11.7 Å². The standard InChI is InChI=1S/C23H15N5O2.C2H4O2/c29-28(30)17-10-6-9-16(13-17)21-14-18(22(27-26-21)15-7-2-1-3-8-15)23-24-19-11-4-5-12-20(19)25-23;1-2(3)4/h1-14H,(H,24,25);1H3,(H,3,4). The van der Waals surface area contributed by atoms with E-state index in [1.54, 1.807) is 12.1 Å². The molecule has 3 aromatic carbocycles. The number of aromatic nitrogens is 4. The molecule has 0 unspecified atom stereocenters. The maximum absolute atomic E-state index is 11.2. The normalized spacial score (nSPS) is 10.4. The van der Waals surface area contributed by atoms with Gasteiger partial charge in [-0.3, -0.25) is 14.9 Å². The van der Waals surface area contributed by atoms with Crippen molar-refractivity contribution in [2.24, 2.45) is 0 Å². The number of carbonyl (C=O) groups is 1. The first-order valence-electron chi connectivity index (χ1n) is 10.2. The Bertz CT molecular complexity index is 1440. The van der Waals surface area contributed by atoms with E-state index in [-0.39, 0.29) is 5.69 Å². The van der Waals surface area contributed by atoms with Crippen molar-refractivity contribution in [1.82, 2.24) is 20.2 Å². The number of aromatic amines is 1. The van der Waals surface area contributed by atoms with E-state index in [4.69, 9.17) is 14.9 Å². The van der Waals surface area contributed by atoms with Gasteiger partial charge in [-0.05, 0) is 18.2 Å². The summed E-state index contributed by atoms with van der Waals surface area (Å²) in [6.07, 6.45) is 0. The van der Waals surface area contributed by atoms with Crippen LogP contribution >= 0.6 is 0 Å². The molecule has 2 aromatic heterocycles. The molecule has 0 saturated carbocycles. The van der Waals surface area contributed by atoms with E-state index < -0.39 is 10.9 Å². The number of hydrogen-bond donors (Lipinski definition) is 2. The van der Waals surface area contributed by atoms with Gasteiger partial charge in [0.2, 0.25) is 0 Å². The van der Waals surface area contributed by atoms with E-state index in [0.717, 1.165) is 29.1 Å². The molecule has 5 aromatic rings. The number of rotatable bonds is 4. The fraction of sp³-hybridized carbons (Fsp3) is 0.0400. The first-order chi connectivity index (χ1) is 16.4. The molecule has 168 valence electrons. The number of carboxylic acid groups (broad SMARTS) is 1. The molecule has 9 nitrogen and oxygen atoms in total. The fourth-order valence-electron chi connectivity index (χ4n) is 3.38. The van der Waals surface area contributed by atoms with Crippen LogP contribution in [0.4, 0.5) is 5.69 Å². The van der Waals surface area contributed by atoms with Crippen LogP contribution in [0.15, 0.2) is 84.9 Å². The Morgan fingerprint density at radius 1 is 0.912 bits per heavy atom. The molecule has 9 heteroatoms. The Hall–Kier alpha value is -4.92. The van der Waals surface area contributed by atoms with Gasteiger partial charge >= 0.3 is 0 Å². The van der Waals surface area contributed by atoms with E-state index in [1.807, 2.05) is 60.7 Å². The highest BCUT2D eigenvalue weighted by Gasteiger charge is 2.17. The molecular weight excluding hydrogens is 434 g/mol. The van der Waals surface area contributed by atoms with Crippen molar-refractivity contribution in [3.63, 3.8) is 0 Å². The van der Waals surface area contributed by atoms with E-state index in [2.05, 4.69) is 15.2 Å². The number of non-ortho nitro benzene ring substituents is 1. The van der Waals surface area contributed by atoms with Gasteiger partial charge in [-0.25, -0.2) is 4.98 Å². The number of aliphatic carboxylic acids is 1. The third kappa shape index (κ3) is 4.94. The average Bonchev–Trinajstić information content (AvgIpc) is 3.28. The van der Waals surface area contributed by atoms with Crippen LogP contribution < -0.4 is 0 Å². The maximum atomic E-state index is 11.2. The molecule has 0 aliphatic heterocycles. The second-order valence-corrected chi connectivity index (χ2v) is 7.29. The number of nitro benzene ring substituents is 1. The highest BCUT2D eigenvalue weighted by Crippen LogP contribution is 2.33. The zero-order valence-electron chi connectivity index (χ0n) is 18.0. The van der Waals surface area contributed by atoms with Crippen molar-refractivity contribution >= 4 is 22.7 Å². The molecule has 0 fully saturated rings. The van der Waals surface area contributed by atoms with Crippen molar-refractivity contribution in [1.29, 1.82) is 0 Å². The minimum absolute atomic E-state index is 0.00622. The molecular formula is C25H19N5O4. The SMILES string of the molecule is CC(=O)O.O=[N+]([O-])c1cccc(-c2cc(-c3nc4ccccc4[nH]3)c(-c3ccccc3)nn2)c1. The third-order valence-corrected chi connectivity index (χ3v) is 4.84. The Morgan fingerprint density at radius 2 is 1.59 bits per heavy atom. The molecule has 0 amide bonds. The van der Waals surface area contributed by atoms with Crippen LogP contribution in [0.5, 0.6) is 0 Å². The second kappa shape index (κ2) is 9.70. The summed E-state index contributed by atoms with van der Waals surface area (Å²) in [4.78, 5) is 27.8. The summed E-state index contributed by atoms with van der Waals surface area (Å²) in [5.41, 5.74) is 5.29. The molecule has 0 aliphatic carbocycles. The van der Waals surface area contributed by atoms with Crippen molar-refractivity contribution in [3.05, 3.63) is 95.0 Å². The minimum Gasteiger partial charge on any atom is -0.481 e. The lowest BCUT2D eigenvalue weighted by molar-refractivity contribution is -0.384. The lowest BCUT2D eigenvalue weighted by atomic mass is 10.0. The summed E-state index contributed by atoms with van der Waals surface area (Å²) in [6.45, 7) is 1.08. The molecule has 34 heavy (non-hydrogen) atoms. The highest BCUT2D eigenvalue weighted by molar-refractivity contribution is 5.85. The van der Waals surface area contributed by atoms with Crippen LogP contribution in [-0.2, 0) is 4.79 Å². The highest BCUT2D eigenvalue weighted by atomic mass is 16.6. The number of nitrogens with zero attached hydrogens (tertiary/aromatic N) is 4. The number of hydrogen-bond acceptors (Lipinski definition) is 6. The van der Waals surface area contributed by atoms with Gasteiger partial charge in [0.05, 0.1) is 21.7 Å². The fourth-order valence-corrected chi connectivity index (χ4v) is 3.38. The number of para-hydroxylation sites is 2. The van der Waals surface area contributed by atoms with Crippen molar-refractivity contribution in [2.45, 2.75) is 6.92 Å². The maximum Gasteiger partial charge on any atom is 0.300 e. The van der Waals surface area contributed by atoms with Crippen molar-refractivity contribution in [3.8, 4) is 33.9 Å². The lowest BCUT2D eigenvalue weighted by Crippen LogP contribution is -1.97. The summed E-state index contributed by atoms with van der Waals surface area (Å²) in [5, 5.41) is 27.4. The Balaban J connectivity index is 0.000000636. The monoisotopic (exact) mass is 453 g/mol. The smallest absolute Gasteiger partial charge is 0.300 e. The summed E-state index contributed by atoms with van der Waals surface area (Å²) in [6, 6.07) is 25.8. The minimum atomic E-state index is -0.833. The van der Waals surface area contributed by atoms with E-state index in [0.29, 0.717) is 22.8 Å². The molecule has 5 rings (SSSR count). The van der Waals surface area contributed by atoms with Crippen LogP contribution in [-0.4, -0.2) is 36.2 Å². The zero-order chi connectivity index (χ0) is 24.1. The van der Waals surface area contributed by atoms with Gasteiger partial charge in [0, 0.05) is 35.7 Å². The predicted molar refractivity (Wildman–Crippen MR) is 128 cm³/mol. The Kier molecular flexibility index (Phi) is 6.35. The number of fused-ring (bicyclic) bond motifs is 1.